The molecule has 9 nitrogen and oxygen atoms in total. The highest BCUT2D eigenvalue weighted by Gasteiger charge is 2.19. The summed E-state index contributed by atoms with van der Waals surface area (Å²) in [4.78, 5) is 31.7. The van der Waals surface area contributed by atoms with Gasteiger partial charge in [-0.25, -0.2) is 14.8 Å². The van der Waals surface area contributed by atoms with Gasteiger partial charge in [-0.1, -0.05) is 36.4 Å². The van der Waals surface area contributed by atoms with Crippen LogP contribution in [0.1, 0.15) is 12.5 Å². The number of carboxylic acids is 1. The maximum Gasteiger partial charge on any atom is 0.394 e. The molecule has 1 heterocycles. The third-order valence-corrected chi connectivity index (χ3v) is 5.54. The Morgan fingerprint density at radius 2 is 1.86 bits per heavy atom. The van der Waals surface area contributed by atoms with Crippen LogP contribution in [-0.4, -0.2) is 47.2 Å². The van der Waals surface area contributed by atoms with Crippen LogP contribution in [0.2, 0.25) is 0 Å². The van der Waals surface area contributed by atoms with E-state index in [1.165, 1.54) is 0 Å². The normalized spacial score (nSPS) is 10.6. The number of aromatic nitrogens is 2. The maximum atomic E-state index is 11.7. The van der Waals surface area contributed by atoms with Gasteiger partial charge >= 0.3 is 11.9 Å². The van der Waals surface area contributed by atoms with Crippen molar-refractivity contribution in [3.05, 3.63) is 72.4 Å². The Hall–Kier alpha value is -4.66. The molecule has 4 aromatic rings. The van der Waals surface area contributed by atoms with Crippen molar-refractivity contribution in [3.63, 3.8) is 0 Å². The molecule has 0 saturated heterocycles. The second-order valence-corrected chi connectivity index (χ2v) is 7.78. The Bertz CT molecular complexity index is 1410. The van der Waals surface area contributed by atoms with E-state index in [1.54, 1.807) is 44.5 Å². The number of amides is 1. The number of anilines is 2. The molecule has 3 N–H and O–H groups in total. The van der Waals surface area contributed by atoms with Crippen molar-refractivity contribution in [3.8, 4) is 22.9 Å². The Morgan fingerprint density at radius 3 is 2.64 bits per heavy atom. The lowest BCUT2D eigenvalue weighted by atomic mass is 10.0. The molecule has 3 aromatic carbocycles. The summed E-state index contributed by atoms with van der Waals surface area (Å²) in [5.74, 6) is -0.631. The number of para-hydroxylation sites is 1. The predicted octanol–water partition coefficient (Wildman–Crippen LogP) is 4.38. The van der Waals surface area contributed by atoms with E-state index in [-0.39, 0.29) is 5.69 Å². The van der Waals surface area contributed by atoms with Crippen molar-refractivity contribution < 1.29 is 24.2 Å². The number of benzene rings is 3. The molecule has 0 bridgehead atoms. The van der Waals surface area contributed by atoms with Crippen LogP contribution in [0.4, 0.5) is 11.5 Å². The van der Waals surface area contributed by atoms with E-state index in [9.17, 15) is 9.59 Å². The highest BCUT2D eigenvalue weighted by atomic mass is 16.5. The number of ether oxygens (including phenoxy) is 2. The fourth-order valence-corrected chi connectivity index (χ4v) is 3.95. The van der Waals surface area contributed by atoms with Crippen LogP contribution in [0, 0.1) is 0 Å². The molecule has 0 fully saturated rings. The van der Waals surface area contributed by atoms with Gasteiger partial charge in [0.1, 0.15) is 11.6 Å². The van der Waals surface area contributed by atoms with Gasteiger partial charge in [-0.15, -0.1) is 0 Å². The van der Waals surface area contributed by atoms with E-state index in [2.05, 4.69) is 32.7 Å². The Morgan fingerprint density at radius 1 is 1.03 bits per heavy atom. The zero-order valence-corrected chi connectivity index (χ0v) is 19.9. The third kappa shape index (κ3) is 5.35. The highest BCUT2D eigenvalue weighted by Crippen LogP contribution is 2.35. The van der Waals surface area contributed by atoms with Crippen molar-refractivity contribution in [2.75, 3.05) is 30.9 Å². The van der Waals surface area contributed by atoms with Gasteiger partial charge in [0.2, 0.25) is 0 Å². The first-order valence-electron chi connectivity index (χ1n) is 11.4. The summed E-state index contributed by atoms with van der Waals surface area (Å²) in [5, 5.41) is 16.9. The summed E-state index contributed by atoms with van der Waals surface area (Å²) in [6, 6.07) is 19.0. The monoisotopic (exact) mass is 486 g/mol. The average Bonchev–Trinajstić information content (AvgIpc) is 2.90. The number of hydrogen-bond acceptors (Lipinski definition) is 7. The molecule has 0 unspecified atom stereocenters. The summed E-state index contributed by atoms with van der Waals surface area (Å²) in [6.45, 7) is 2.70. The number of aliphatic carboxylic acids is 1. The van der Waals surface area contributed by atoms with E-state index in [4.69, 9.17) is 14.6 Å². The molecule has 0 aliphatic carbocycles. The summed E-state index contributed by atoms with van der Waals surface area (Å²) >= 11 is 0. The van der Waals surface area contributed by atoms with Crippen molar-refractivity contribution in [1.82, 2.24) is 9.97 Å². The van der Waals surface area contributed by atoms with Crippen molar-refractivity contribution in [2.45, 2.75) is 13.3 Å². The van der Waals surface area contributed by atoms with E-state index in [0.717, 1.165) is 22.1 Å². The number of carboxylic acid groups (broad SMARTS) is 1. The summed E-state index contributed by atoms with van der Waals surface area (Å²) < 4.78 is 11.3. The van der Waals surface area contributed by atoms with E-state index in [1.807, 2.05) is 24.3 Å². The quantitative estimate of drug-likeness (QED) is 0.298. The van der Waals surface area contributed by atoms with Gasteiger partial charge < -0.3 is 25.2 Å². The van der Waals surface area contributed by atoms with Crippen molar-refractivity contribution in [1.29, 1.82) is 0 Å². The molecule has 0 aliphatic rings. The number of hydrogen-bond donors (Lipinski definition) is 3. The van der Waals surface area contributed by atoms with Gasteiger partial charge in [-0.05, 0) is 48.4 Å². The fraction of sp³-hybridized carbons (Fsp3) is 0.185. The van der Waals surface area contributed by atoms with Gasteiger partial charge in [0.15, 0.2) is 11.6 Å². The Balaban J connectivity index is 1.56. The van der Waals surface area contributed by atoms with Gasteiger partial charge in [0, 0.05) is 18.3 Å². The first kappa shape index (κ1) is 24.5. The number of nitrogens with zero attached hydrogens (tertiary/aromatic N) is 2. The highest BCUT2D eigenvalue weighted by molar-refractivity contribution is 6.36. The summed E-state index contributed by atoms with van der Waals surface area (Å²) in [7, 11) is 1.67. The molecule has 36 heavy (non-hydrogen) atoms. The molecule has 184 valence electrons. The van der Waals surface area contributed by atoms with Crippen LogP contribution in [0.3, 0.4) is 0 Å². The van der Waals surface area contributed by atoms with Gasteiger partial charge in [-0.3, -0.25) is 4.79 Å². The van der Waals surface area contributed by atoms with Gasteiger partial charge in [-0.2, -0.15) is 0 Å². The minimum Gasteiger partial charge on any atom is -0.496 e. The second-order valence-electron chi connectivity index (χ2n) is 7.78. The number of rotatable bonds is 9. The molecular formula is C27H26N4O5. The lowest BCUT2D eigenvalue weighted by molar-refractivity contribution is -0.147. The fourth-order valence-electron chi connectivity index (χ4n) is 3.95. The van der Waals surface area contributed by atoms with Crippen LogP contribution in [0.15, 0.2) is 66.9 Å². The summed E-state index contributed by atoms with van der Waals surface area (Å²) in [5.41, 5.74) is 1.86. The topological polar surface area (TPSA) is 123 Å². The molecule has 0 saturated carbocycles. The SMILES string of the molecule is CCOc1c(NC(=O)C(=O)O)cccc1-c1nccc(NCCc2c(OC)ccc3ccccc23)n1. The molecular weight excluding hydrogens is 460 g/mol. The molecule has 0 radical (unpaired) electrons. The lowest BCUT2D eigenvalue weighted by Crippen LogP contribution is -2.22. The first-order valence-corrected chi connectivity index (χ1v) is 11.4. The minimum absolute atomic E-state index is 0.228. The molecule has 0 atom stereocenters. The van der Waals surface area contributed by atoms with Crippen LogP contribution in [-0.2, 0) is 16.0 Å². The largest absolute Gasteiger partial charge is 0.496 e. The third-order valence-electron chi connectivity index (χ3n) is 5.54. The number of carbonyl (C=O) groups is 2. The maximum absolute atomic E-state index is 11.7. The van der Waals surface area contributed by atoms with E-state index >= 15 is 0 Å². The van der Waals surface area contributed by atoms with Crippen LogP contribution >= 0.6 is 0 Å². The Labute approximate surface area is 208 Å². The molecule has 0 spiro atoms. The average molecular weight is 487 g/mol. The molecule has 4 rings (SSSR count). The standard InChI is InChI=1S/C27H26N4O5/c1-3-36-24-20(9-6-10-21(24)30-26(32)27(33)34)25-29-16-14-23(31-25)28-15-13-19-18-8-5-4-7-17(18)11-12-22(19)35-2/h4-12,14,16H,3,13,15H2,1-2H3,(H,30,32)(H,33,34)(H,28,29,31). The van der Waals surface area contributed by atoms with E-state index < -0.39 is 11.9 Å². The molecule has 9 heteroatoms. The summed E-state index contributed by atoms with van der Waals surface area (Å²) in [6.07, 6.45) is 2.34. The van der Waals surface area contributed by atoms with E-state index in [0.29, 0.717) is 42.5 Å². The Kier molecular flexibility index (Phi) is 7.60. The number of carbonyl (C=O) groups excluding carboxylic acids is 1. The number of fused-ring (bicyclic) bond motifs is 1. The predicted molar refractivity (Wildman–Crippen MR) is 138 cm³/mol. The van der Waals surface area contributed by atoms with Crippen LogP contribution in [0.25, 0.3) is 22.2 Å². The minimum atomic E-state index is -1.59. The lowest BCUT2D eigenvalue weighted by Gasteiger charge is -2.15. The number of nitrogens with one attached hydrogen (secondary N) is 2. The first-order chi connectivity index (χ1) is 17.5. The van der Waals surface area contributed by atoms with Gasteiger partial charge in [0.25, 0.3) is 0 Å². The zero-order valence-electron chi connectivity index (χ0n) is 19.9. The zero-order chi connectivity index (χ0) is 25.5. The van der Waals surface area contributed by atoms with Gasteiger partial charge in [0.05, 0.1) is 25.0 Å². The van der Waals surface area contributed by atoms with Crippen molar-refractivity contribution >= 4 is 34.2 Å². The molecule has 1 aromatic heterocycles. The van der Waals surface area contributed by atoms with Crippen LogP contribution < -0.4 is 20.1 Å². The number of methoxy groups -OCH3 is 1. The van der Waals surface area contributed by atoms with Crippen molar-refractivity contribution in [2.24, 2.45) is 0 Å². The molecule has 1 amide bonds. The second kappa shape index (κ2) is 11.2. The van der Waals surface area contributed by atoms with Crippen LogP contribution in [0.5, 0.6) is 11.5 Å². The molecule has 0 aliphatic heterocycles. The smallest absolute Gasteiger partial charge is 0.394 e.